The zero-order valence-corrected chi connectivity index (χ0v) is 12.7. The van der Waals surface area contributed by atoms with Crippen molar-refractivity contribution in [3.05, 3.63) is 59.7 Å². The third-order valence-electron chi connectivity index (χ3n) is 2.66. The highest BCUT2D eigenvalue weighted by Crippen LogP contribution is 2.31. The fourth-order valence-electron chi connectivity index (χ4n) is 1.70. The van der Waals surface area contributed by atoms with Gasteiger partial charge >= 0.3 is 16.3 Å². The van der Waals surface area contributed by atoms with Gasteiger partial charge < -0.3 is 4.18 Å². The first-order valence-corrected chi connectivity index (χ1v) is 8.16. The molecule has 2 aromatic carbocycles. The molecule has 0 unspecified atom stereocenters. The van der Waals surface area contributed by atoms with Gasteiger partial charge in [0.2, 0.25) is 0 Å². The average Bonchev–Trinajstić information content (AvgIpc) is 2.44. The molecule has 2 rings (SSSR count). The standard InChI is InChI=1S/C15H12F3NO3S/c1-23(20,21)22-14-7-5-11(6-8-14)10-19-13-4-2-3-12(9-13)15(16,17)18/h2-10H,1H3/b19-10+. The largest absolute Gasteiger partial charge is 0.416 e. The van der Waals surface area contributed by atoms with Gasteiger partial charge in [0, 0.05) is 6.21 Å². The Morgan fingerprint density at radius 1 is 1.09 bits per heavy atom. The molecule has 0 aliphatic rings. The van der Waals surface area contributed by atoms with Gasteiger partial charge in [-0.3, -0.25) is 4.99 Å². The van der Waals surface area contributed by atoms with Crippen molar-refractivity contribution in [2.45, 2.75) is 6.18 Å². The quantitative estimate of drug-likeness (QED) is 0.627. The zero-order valence-electron chi connectivity index (χ0n) is 11.9. The molecule has 0 saturated heterocycles. The molecule has 0 atom stereocenters. The molecule has 4 nitrogen and oxygen atoms in total. The number of rotatable bonds is 4. The Morgan fingerprint density at radius 3 is 2.30 bits per heavy atom. The van der Waals surface area contributed by atoms with Gasteiger partial charge in [0.15, 0.2) is 0 Å². The molecule has 0 heterocycles. The van der Waals surface area contributed by atoms with Crippen LogP contribution in [0.25, 0.3) is 0 Å². The first-order valence-electron chi connectivity index (χ1n) is 6.34. The Balaban J connectivity index is 2.14. The van der Waals surface area contributed by atoms with E-state index in [1.807, 2.05) is 0 Å². The topological polar surface area (TPSA) is 55.7 Å². The van der Waals surface area contributed by atoms with Crippen LogP contribution in [0.5, 0.6) is 5.75 Å². The minimum absolute atomic E-state index is 0.142. The normalized spacial score (nSPS) is 12.5. The van der Waals surface area contributed by atoms with Crippen molar-refractivity contribution in [2.75, 3.05) is 6.26 Å². The second-order valence-electron chi connectivity index (χ2n) is 4.66. The molecule has 0 saturated carbocycles. The predicted molar refractivity (Wildman–Crippen MR) is 80.6 cm³/mol. The lowest BCUT2D eigenvalue weighted by molar-refractivity contribution is -0.137. The van der Waals surface area contributed by atoms with E-state index in [2.05, 4.69) is 9.18 Å². The van der Waals surface area contributed by atoms with E-state index in [9.17, 15) is 21.6 Å². The number of alkyl halides is 3. The van der Waals surface area contributed by atoms with Crippen LogP contribution in [0, 0.1) is 0 Å². The highest BCUT2D eigenvalue weighted by atomic mass is 32.2. The lowest BCUT2D eigenvalue weighted by atomic mass is 10.2. The summed E-state index contributed by atoms with van der Waals surface area (Å²) in [5.74, 6) is 0.142. The van der Waals surface area contributed by atoms with E-state index in [-0.39, 0.29) is 11.4 Å². The monoisotopic (exact) mass is 343 g/mol. The van der Waals surface area contributed by atoms with Crippen LogP contribution in [-0.4, -0.2) is 20.9 Å². The summed E-state index contributed by atoms with van der Waals surface area (Å²) in [4.78, 5) is 3.97. The molecule has 0 aliphatic carbocycles. The molecule has 0 spiro atoms. The first-order chi connectivity index (χ1) is 10.6. The van der Waals surface area contributed by atoms with Crippen LogP contribution >= 0.6 is 0 Å². The third-order valence-corrected chi connectivity index (χ3v) is 3.16. The molecule has 2 aromatic rings. The van der Waals surface area contributed by atoms with Crippen LogP contribution < -0.4 is 4.18 Å². The molecule has 0 amide bonds. The lowest BCUT2D eigenvalue weighted by Gasteiger charge is -2.06. The van der Waals surface area contributed by atoms with E-state index in [1.54, 1.807) is 0 Å². The van der Waals surface area contributed by atoms with E-state index >= 15 is 0 Å². The van der Waals surface area contributed by atoms with E-state index in [0.29, 0.717) is 5.56 Å². The van der Waals surface area contributed by atoms with Crippen molar-refractivity contribution in [3.8, 4) is 5.75 Å². The number of benzene rings is 2. The zero-order chi connectivity index (χ0) is 17.1. The molecule has 122 valence electrons. The molecule has 0 fully saturated rings. The van der Waals surface area contributed by atoms with Crippen molar-refractivity contribution < 1.29 is 25.8 Å². The van der Waals surface area contributed by atoms with Gasteiger partial charge in [0.1, 0.15) is 5.75 Å². The Kier molecular flexibility index (Phi) is 4.74. The van der Waals surface area contributed by atoms with Crippen LogP contribution in [0.1, 0.15) is 11.1 Å². The van der Waals surface area contributed by atoms with Gasteiger partial charge in [0.05, 0.1) is 17.5 Å². The van der Waals surface area contributed by atoms with Gasteiger partial charge in [-0.15, -0.1) is 0 Å². The Bertz CT molecular complexity index is 813. The van der Waals surface area contributed by atoms with E-state index in [4.69, 9.17) is 0 Å². The molecular weight excluding hydrogens is 331 g/mol. The summed E-state index contributed by atoms with van der Waals surface area (Å²) < 4.78 is 64.4. The Labute approximate surface area is 131 Å². The number of halogens is 3. The molecule has 0 aliphatic heterocycles. The highest BCUT2D eigenvalue weighted by Gasteiger charge is 2.30. The highest BCUT2D eigenvalue weighted by molar-refractivity contribution is 7.86. The summed E-state index contributed by atoms with van der Waals surface area (Å²) in [6.45, 7) is 0. The van der Waals surface area contributed by atoms with E-state index < -0.39 is 21.9 Å². The van der Waals surface area contributed by atoms with Crippen molar-refractivity contribution >= 4 is 22.0 Å². The van der Waals surface area contributed by atoms with Crippen LogP contribution in [0.2, 0.25) is 0 Å². The maximum absolute atomic E-state index is 12.6. The van der Waals surface area contributed by atoms with Gasteiger partial charge in [0.25, 0.3) is 0 Å². The predicted octanol–water partition coefficient (Wildman–Crippen LogP) is 3.79. The second-order valence-corrected chi connectivity index (χ2v) is 6.24. The van der Waals surface area contributed by atoms with Crippen molar-refractivity contribution in [1.82, 2.24) is 0 Å². The average molecular weight is 343 g/mol. The number of nitrogens with zero attached hydrogens (tertiary/aromatic N) is 1. The van der Waals surface area contributed by atoms with Crippen LogP contribution in [0.4, 0.5) is 18.9 Å². The number of hydrogen-bond acceptors (Lipinski definition) is 4. The maximum Gasteiger partial charge on any atom is 0.416 e. The molecule has 23 heavy (non-hydrogen) atoms. The van der Waals surface area contributed by atoms with Crippen LogP contribution in [0.3, 0.4) is 0 Å². The fraction of sp³-hybridized carbons (Fsp3) is 0.133. The fourth-order valence-corrected chi connectivity index (χ4v) is 2.16. The molecule has 0 aromatic heterocycles. The van der Waals surface area contributed by atoms with Crippen molar-refractivity contribution in [3.63, 3.8) is 0 Å². The van der Waals surface area contributed by atoms with Crippen LogP contribution in [0.15, 0.2) is 53.5 Å². The SMILES string of the molecule is CS(=O)(=O)Oc1ccc(/C=N/c2cccc(C(F)(F)F)c2)cc1. The summed E-state index contributed by atoms with van der Waals surface area (Å²) in [5, 5.41) is 0. The Morgan fingerprint density at radius 2 is 1.74 bits per heavy atom. The summed E-state index contributed by atoms with van der Waals surface area (Å²) in [6.07, 6.45) is -2.12. The smallest absolute Gasteiger partial charge is 0.383 e. The summed E-state index contributed by atoms with van der Waals surface area (Å²) in [7, 11) is -3.60. The lowest BCUT2D eigenvalue weighted by Crippen LogP contribution is -2.05. The summed E-state index contributed by atoms with van der Waals surface area (Å²) >= 11 is 0. The summed E-state index contributed by atoms with van der Waals surface area (Å²) in [5.41, 5.74) is -0.0244. The van der Waals surface area contributed by atoms with Gasteiger partial charge in [-0.1, -0.05) is 6.07 Å². The second kappa shape index (κ2) is 6.41. The molecule has 0 N–H and O–H groups in total. The number of aliphatic imine (C=N–C) groups is 1. The van der Waals surface area contributed by atoms with Crippen LogP contribution in [-0.2, 0) is 16.3 Å². The van der Waals surface area contributed by atoms with E-state index in [1.165, 1.54) is 42.6 Å². The molecule has 0 bridgehead atoms. The molecule has 0 radical (unpaired) electrons. The maximum atomic E-state index is 12.6. The molecular formula is C15H12F3NO3S. The molecule has 8 heteroatoms. The van der Waals surface area contributed by atoms with Gasteiger partial charge in [-0.05, 0) is 48.0 Å². The Hall–Kier alpha value is -2.35. The minimum atomic E-state index is -4.42. The van der Waals surface area contributed by atoms with E-state index in [0.717, 1.165) is 18.4 Å². The first kappa shape index (κ1) is 17.0. The minimum Gasteiger partial charge on any atom is -0.383 e. The van der Waals surface area contributed by atoms with Crippen molar-refractivity contribution in [2.24, 2.45) is 4.99 Å². The van der Waals surface area contributed by atoms with Gasteiger partial charge in [-0.2, -0.15) is 21.6 Å². The third kappa shape index (κ3) is 5.41. The summed E-state index contributed by atoms with van der Waals surface area (Å²) in [6, 6.07) is 10.6. The van der Waals surface area contributed by atoms with Gasteiger partial charge in [-0.25, -0.2) is 0 Å². The van der Waals surface area contributed by atoms with Crippen molar-refractivity contribution in [1.29, 1.82) is 0 Å². The number of hydrogen-bond donors (Lipinski definition) is 0.